The molecule has 0 unspecified atom stereocenters. The Bertz CT molecular complexity index is 452. The Morgan fingerprint density at radius 1 is 1.35 bits per heavy atom. The van der Waals surface area contributed by atoms with Crippen LogP contribution in [0, 0.1) is 6.92 Å². The van der Waals surface area contributed by atoms with Crippen molar-refractivity contribution in [1.82, 2.24) is 15.1 Å². The molecule has 0 aromatic heterocycles. The first-order valence-electron chi connectivity index (χ1n) is 7.02. The lowest BCUT2D eigenvalue weighted by atomic mass is 10.1. The predicted octanol–water partition coefficient (Wildman–Crippen LogP) is 1.73. The summed E-state index contributed by atoms with van der Waals surface area (Å²) in [7, 11) is 1.88. The minimum Gasteiger partial charge on any atom is -0.340 e. The van der Waals surface area contributed by atoms with Crippen molar-refractivity contribution < 1.29 is 4.79 Å². The number of halogens is 1. The van der Waals surface area contributed by atoms with Crippen molar-refractivity contribution in [1.29, 1.82) is 0 Å². The molecule has 0 radical (unpaired) electrons. The number of aryl methyl sites for hydroxylation is 1. The van der Waals surface area contributed by atoms with Gasteiger partial charge in [-0.05, 0) is 30.7 Å². The molecule has 1 aliphatic heterocycles. The van der Waals surface area contributed by atoms with Crippen molar-refractivity contribution in [2.45, 2.75) is 6.92 Å². The van der Waals surface area contributed by atoms with Crippen LogP contribution in [0.4, 0.5) is 0 Å². The van der Waals surface area contributed by atoms with E-state index in [2.05, 4.69) is 26.1 Å². The average Bonchev–Trinajstić information content (AvgIpc) is 2.44. The molecule has 20 heavy (non-hydrogen) atoms. The van der Waals surface area contributed by atoms with E-state index >= 15 is 0 Å². The molecule has 1 heterocycles. The smallest absolute Gasteiger partial charge is 0.253 e. The van der Waals surface area contributed by atoms with Crippen LogP contribution in [0.1, 0.15) is 15.9 Å². The Kier molecular flexibility index (Phi) is 5.57. The fourth-order valence-electron chi connectivity index (χ4n) is 2.41. The van der Waals surface area contributed by atoms with Gasteiger partial charge in [-0.1, -0.05) is 15.9 Å². The summed E-state index contributed by atoms with van der Waals surface area (Å²) in [6.07, 6.45) is 0. The van der Waals surface area contributed by atoms with Crippen molar-refractivity contribution >= 4 is 21.8 Å². The van der Waals surface area contributed by atoms with E-state index in [1.165, 1.54) is 0 Å². The zero-order valence-corrected chi connectivity index (χ0v) is 13.7. The van der Waals surface area contributed by atoms with E-state index in [1.54, 1.807) is 0 Å². The second-order valence-electron chi connectivity index (χ2n) is 5.34. The van der Waals surface area contributed by atoms with Crippen LogP contribution in [0.3, 0.4) is 0 Å². The molecule has 1 amide bonds. The number of hydrogen-bond donors (Lipinski definition) is 1. The average molecular weight is 340 g/mol. The highest BCUT2D eigenvalue weighted by Gasteiger charge is 2.15. The molecule has 5 heteroatoms. The number of benzene rings is 1. The maximum atomic E-state index is 12.4. The van der Waals surface area contributed by atoms with Crippen LogP contribution in [-0.4, -0.2) is 62.0 Å². The normalized spacial score (nSPS) is 16.1. The van der Waals surface area contributed by atoms with Crippen LogP contribution in [-0.2, 0) is 0 Å². The predicted molar refractivity (Wildman–Crippen MR) is 85.1 cm³/mol. The van der Waals surface area contributed by atoms with E-state index in [1.807, 2.05) is 37.1 Å². The first-order valence-corrected chi connectivity index (χ1v) is 7.81. The quantitative estimate of drug-likeness (QED) is 0.907. The van der Waals surface area contributed by atoms with E-state index in [-0.39, 0.29) is 5.91 Å². The maximum Gasteiger partial charge on any atom is 0.253 e. The van der Waals surface area contributed by atoms with Crippen LogP contribution in [0.25, 0.3) is 0 Å². The molecule has 110 valence electrons. The van der Waals surface area contributed by atoms with Crippen molar-refractivity contribution in [2.24, 2.45) is 0 Å². The molecule has 0 spiro atoms. The standard InChI is InChI=1S/C15H22BrN3O/c1-12-9-13(11-14(16)10-12)15(20)18(2)7-8-19-5-3-17-4-6-19/h9-11,17H,3-8H2,1-2H3. The van der Waals surface area contributed by atoms with E-state index in [4.69, 9.17) is 0 Å². The van der Waals surface area contributed by atoms with Gasteiger partial charge in [-0.2, -0.15) is 0 Å². The van der Waals surface area contributed by atoms with Crippen LogP contribution >= 0.6 is 15.9 Å². The summed E-state index contributed by atoms with van der Waals surface area (Å²) in [5, 5.41) is 3.34. The Hall–Kier alpha value is -0.910. The molecule has 1 N–H and O–H groups in total. The molecular weight excluding hydrogens is 318 g/mol. The number of piperazine rings is 1. The Labute approximate surface area is 129 Å². The molecule has 0 saturated carbocycles. The number of likely N-dealkylation sites (N-methyl/N-ethyl adjacent to an activating group) is 1. The van der Waals surface area contributed by atoms with Crippen molar-refractivity contribution in [3.8, 4) is 0 Å². The molecule has 1 fully saturated rings. The summed E-state index contributed by atoms with van der Waals surface area (Å²) in [5.41, 5.74) is 1.85. The van der Waals surface area contributed by atoms with Gasteiger partial charge in [0.15, 0.2) is 0 Å². The van der Waals surface area contributed by atoms with Crippen LogP contribution in [0.2, 0.25) is 0 Å². The van der Waals surface area contributed by atoms with Crippen molar-refractivity contribution in [2.75, 3.05) is 46.3 Å². The lowest BCUT2D eigenvalue weighted by Gasteiger charge is -2.29. The largest absolute Gasteiger partial charge is 0.340 e. The number of amides is 1. The van der Waals surface area contributed by atoms with Crippen LogP contribution in [0.15, 0.2) is 22.7 Å². The monoisotopic (exact) mass is 339 g/mol. The zero-order chi connectivity index (χ0) is 14.5. The third-order valence-electron chi connectivity index (χ3n) is 3.60. The van der Waals surface area contributed by atoms with Gasteiger partial charge in [0.1, 0.15) is 0 Å². The summed E-state index contributed by atoms with van der Waals surface area (Å²) in [6.45, 7) is 7.94. The fraction of sp³-hybridized carbons (Fsp3) is 0.533. The molecular formula is C15H22BrN3O. The van der Waals surface area contributed by atoms with Gasteiger partial charge in [0.05, 0.1) is 0 Å². The van der Waals surface area contributed by atoms with Gasteiger partial charge < -0.3 is 10.2 Å². The van der Waals surface area contributed by atoms with Gasteiger partial charge in [0, 0.05) is 56.4 Å². The maximum absolute atomic E-state index is 12.4. The lowest BCUT2D eigenvalue weighted by molar-refractivity contribution is 0.0774. The number of nitrogens with one attached hydrogen (secondary N) is 1. The minimum atomic E-state index is 0.0875. The molecule has 1 saturated heterocycles. The molecule has 1 aromatic carbocycles. The molecule has 0 aliphatic carbocycles. The summed E-state index contributed by atoms with van der Waals surface area (Å²) in [5.74, 6) is 0.0875. The SMILES string of the molecule is Cc1cc(Br)cc(C(=O)N(C)CCN2CCNCC2)c1. The number of nitrogens with zero attached hydrogens (tertiary/aromatic N) is 2. The van der Waals surface area contributed by atoms with E-state index < -0.39 is 0 Å². The van der Waals surface area contributed by atoms with E-state index in [0.29, 0.717) is 0 Å². The second-order valence-corrected chi connectivity index (χ2v) is 6.25. The Morgan fingerprint density at radius 3 is 2.70 bits per heavy atom. The number of carbonyl (C=O) groups is 1. The molecule has 0 atom stereocenters. The fourth-order valence-corrected chi connectivity index (χ4v) is 3.02. The Morgan fingerprint density at radius 2 is 2.05 bits per heavy atom. The molecule has 1 aromatic rings. The third kappa shape index (κ3) is 4.30. The van der Waals surface area contributed by atoms with Crippen molar-refractivity contribution in [3.63, 3.8) is 0 Å². The summed E-state index contributed by atoms with van der Waals surface area (Å²) in [6, 6.07) is 5.84. The molecule has 1 aliphatic rings. The first kappa shape index (κ1) is 15.5. The Balaban J connectivity index is 1.90. The number of rotatable bonds is 4. The van der Waals surface area contributed by atoms with Crippen LogP contribution < -0.4 is 5.32 Å². The van der Waals surface area contributed by atoms with Gasteiger partial charge in [0.2, 0.25) is 0 Å². The summed E-state index contributed by atoms with van der Waals surface area (Å²) in [4.78, 5) is 16.6. The zero-order valence-electron chi connectivity index (χ0n) is 12.2. The molecule has 0 bridgehead atoms. The van der Waals surface area contributed by atoms with Gasteiger partial charge in [-0.3, -0.25) is 9.69 Å². The topological polar surface area (TPSA) is 35.6 Å². The highest BCUT2D eigenvalue weighted by atomic mass is 79.9. The first-order chi connectivity index (χ1) is 9.56. The third-order valence-corrected chi connectivity index (χ3v) is 4.05. The number of carbonyl (C=O) groups excluding carboxylic acids is 1. The number of hydrogen-bond acceptors (Lipinski definition) is 3. The van der Waals surface area contributed by atoms with Gasteiger partial charge in [-0.15, -0.1) is 0 Å². The van der Waals surface area contributed by atoms with Gasteiger partial charge in [0.25, 0.3) is 5.91 Å². The van der Waals surface area contributed by atoms with Gasteiger partial charge >= 0.3 is 0 Å². The summed E-state index contributed by atoms with van der Waals surface area (Å²) < 4.78 is 0.955. The minimum absolute atomic E-state index is 0.0875. The summed E-state index contributed by atoms with van der Waals surface area (Å²) >= 11 is 3.45. The lowest BCUT2D eigenvalue weighted by Crippen LogP contribution is -2.46. The molecule has 2 rings (SSSR count). The van der Waals surface area contributed by atoms with E-state index in [9.17, 15) is 4.79 Å². The van der Waals surface area contributed by atoms with E-state index in [0.717, 1.165) is 54.9 Å². The van der Waals surface area contributed by atoms with Gasteiger partial charge in [-0.25, -0.2) is 0 Å². The van der Waals surface area contributed by atoms with Crippen LogP contribution in [0.5, 0.6) is 0 Å². The molecule has 4 nitrogen and oxygen atoms in total. The highest BCUT2D eigenvalue weighted by molar-refractivity contribution is 9.10. The van der Waals surface area contributed by atoms with Crippen molar-refractivity contribution in [3.05, 3.63) is 33.8 Å². The second kappa shape index (κ2) is 7.20. The highest BCUT2D eigenvalue weighted by Crippen LogP contribution is 2.16.